The number of aromatic nitrogens is 1. The van der Waals surface area contributed by atoms with Crippen molar-refractivity contribution < 1.29 is 41.7 Å². The third kappa shape index (κ3) is 5.07. The molecule has 1 amide bonds. The molecule has 2 atom stereocenters. The topological polar surface area (TPSA) is 79.4 Å². The zero-order valence-corrected chi connectivity index (χ0v) is 18.9. The Bertz CT molecular complexity index is 1040. The minimum atomic E-state index is -4.73. The van der Waals surface area contributed by atoms with Gasteiger partial charge in [-0.05, 0) is 30.3 Å². The third-order valence-corrected chi connectivity index (χ3v) is 6.00. The molecular weight excluding hydrogens is 481 g/mol. The van der Waals surface area contributed by atoms with Crippen molar-refractivity contribution in [1.29, 1.82) is 0 Å². The molecule has 8 nitrogen and oxygen atoms in total. The molecule has 2 fully saturated rings. The second-order valence-corrected chi connectivity index (χ2v) is 8.06. The lowest BCUT2D eigenvalue weighted by Gasteiger charge is -2.41. The van der Waals surface area contributed by atoms with Crippen molar-refractivity contribution in [3.8, 4) is 11.5 Å². The van der Waals surface area contributed by atoms with E-state index in [2.05, 4.69) is 9.72 Å². The second-order valence-electron chi connectivity index (χ2n) is 7.65. The molecular formula is C22H22ClF3N2O6. The minimum absolute atomic E-state index is 0.0718. The van der Waals surface area contributed by atoms with Crippen LogP contribution >= 0.6 is 11.6 Å². The third-order valence-electron chi connectivity index (χ3n) is 5.71. The number of carbonyl (C=O) groups is 1. The number of rotatable bonds is 7. The summed E-state index contributed by atoms with van der Waals surface area (Å²) in [6.07, 6.45) is -3.07. The molecule has 12 heteroatoms. The molecule has 0 aliphatic carbocycles. The Morgan fingerprint density at radius 2 is 2.12 bits per heavy atom. The molecule has 1 aromatic carbocycles. The van der Waals surface area contributed by atoms with Crippen LogP contribution in [0.15, 0.2) is 36.5 Å². The van der Waals surface area contributed by atoms with Crippen LogP contribution in [0.5, 0.6) is 11.5 Å². The van der Waals surface area contributed by atoms with E-state index in [1.807, 2.05) is 0 Å². The lowest BCUT2D eigenvalue weighted by Crippen LogP contribution is -2.54. The number of likely N-dealkylation sites (tertiary alicyclic amines) is 1. The van der Waals surface area contributed by atoms with Crippen LogP contribution in [0.3, 0.4) is 0 Å². The number of pyridine rings is 1. The molecule has 0 N–H and O–H groups in total. The van der Waals surface area contributed by atoms with Crippen LogP contribution in [0.25, 0.3) is 0 Å². The first-order valence-corrected chi connectivity index (χ1v) is 10.8. The van der Waals surface area contributed by atoms with Crippen LogP contribution in [-0.2, 0) is 19.8 Å². The van der Waals surface area contributed by atoms with Crippen LogP contribution in [0.4, 0.5) is 13.2 Å². The average molecular weight is 503 g/mol. The highest BCUT2D eigenvalue weighted by atomic mass is 35.5. The lowest BCUT2D eigenvalue weighted by atomic mass is 9.84. The largest absolute Gasteiger partial charge is 0.522 e. The van der Waals surface area contributed by atoms with Crippen LogP contribution in [0.2, 0.25) is 5.02 Å². The van der Waals surface area contributed by atoms with Gasteiger partial charge in [0.2, 0.25) is 0 Å². The Balaban J connectivity index is 1.42. The molecule has 2 aromatic rings. The number of amides is 1. The lowest BCUT2D eigenvalue weighted by molar-refractivity contribution is -0.325. The molecule has 4 rings (SSSR count). The fourth-order valence-electron chi connectivity index (χ4n) is 4.11. The van der Waals surface area contributed by atoms with E-state index in [4.69, 9.17) is 30.5 Å². The van der Waals surface area contributed by atoms with Crippen molar-refractivity contribution in [3.63, 3.8) is 0 Å². The fourth-order valence-corrected chi connectivity index (χ4v) is 4.35. The van der Waals surface area contributed by atoms with Crippen molar-refractivity contribution in [3.05, 3.63) is 52.8 Å². The molecule has 0 radical (unpaired) electrons. The number of carbonyl (C=O) groups excluding carboxylic acids is 1. The summed E-state index contributed by atoms with van der Waals surface area (Å²) in [5.74, 6) is 0.461. The van der Waals surface area contributed by atoms with Gasteiger partial charge < -0.3 is 23.8 Å². The van der Waals surface area contributed by atoms with E-state index in [1.165, 1.54) is 18.2 Å². The number of fused-ring (bicyclic) bond motifs is 1. The van der Waals surface area contributed by atoms with Crippen molar-refractivity contribution in [2.75, 3.05) is 40.2 Å². The Morgan fingerprint density at radius 1 is 1.29 bits per heavy atom. The number of hydrogen-bond donors (Lipinski definition) is 0. The zero-order valence-electron chi connectivity index (χ0n) is 18.1. The van der Waals surface area contributed by atoms with Gasteiger partial charge in [-0.3, -0.25) is 14.5 Å². The molecule has 0 spiro atoms. The van der Waals surface area contributed by atoms with Gasteiger partial charge >= 0.3 is 6.36 Å². The van der Waals surface area contributed by atoms with Crippen molar-refractivity contribution in [1.82, 2.24) is 9.88 Å². The van der Waals surface area contributed by atoms with Gasteiger partial charge in [-0.2, -0.15) is 0 Å². The first-order chi connectivity index (χ1) is 16.2. The number of hydrogen-bond acceptors (Lipinski definition) is 7. The van der Waals surface area contributed by atoms with E-state index >= 15 is 0 Å². The van der Waals surface area contributed by atoms with Gasteiger partial charge in [0.05, 0.1) is 25.3 Å². The van der Waals surface area contributed by atoms with Crippen LogP contribution in [0, 0.1) is 0 Å². The van der Waals surface area contributed by atoms with Gasteiger partial charge in [-0.15, -0.1) is 13.2 Å². The Hall–Kier alpha value is -2.60. The monoisotopic (exact) mass is 502 g/mol. The standard InChI is InChI=1S/C22H22ClF3N2O6/c1-30-17-3-2-7-27-19(17)21-6-8-28(12-18(21)32-13-34-21)20(29)14-4-5-16(15(23)11-14)31-9-10-33-22(24,25)26/h2-5,7,11,18H,6,8-10,12-13H2,1H3/t18?,21-/m0/s1. The van der Waals surface area contributed by atoms with Gasteiger partial charge in [-0.25, -0.2) is 0 Å². The predicted molar refractivity (Wildman–Crippen MR) is 113 cm³/mol. The van der Waals surface area contributed by atoms with Crippen LogP contribution in [0.1, 0.15) is 22.5 Å². The molecule has 2 aliphatic rings. The summed E-state index contributed by atoms with van der Waals surface area (Å²) in [6, 6.07) is 7.92. The molecule has 1 aromatic heterocycles. The summed E-state index contributed by atoms with van der Waals surface area (Å²) < 4.78 is 62.3. The van der Waals surface area contributed by atoms with E-state index < -0.39 is 24.7 Å². The molecule has 1 unspecified atom stereocenters. The summed E-state index contributed by atoms with van der Waals surface area (Å²) >= 11 is 6.18. The SMILES string of the molecule is COc1cccnc1[C@]12CCN(C(=O)c3ccc(OCCOC(F)(F)F)c(Cl)c3)CC1OCO2. The number of benzene rings is 1. The maximum absolute atomic E-state index is 13.1. The normalized spacial score (nSPS) is 22.4. The summed E-state index contributed by atoms with van der Waals surface area (Å²) in [6.45, 7) is -0.314. The average Bonchev–Trinajstić information content (AvgIpc) is 3.25. The second kappa shape index (κ2) is 9.95. The van der Waals surface area contributed by atoms with Crippen LogP contribution < -0.4 is 9.47 Å². The number of ether oxygens (including phenoxy) is 5. The first-order valence-electron chi connectivity index (χ1n) is 10.4. The maximum Gasteiger partial charge on any atom is 0.522 e. The van der Waals surface area contributed by atoms with E-state index in [-0.39, 0.29) is 36.6 Å². The van der Waals surface area contributed by atoms with E-state index in [0.29, 0.717) is 30.0 Å². The molecule has 0 bridgehead atoms. The maximum atomic E-state index is 13.1. The fraction of sp³-hybridized carbons (Fsp3) is 0.455. The van der Waals surface area contributed by atoms with Crippen molar-refractivity contribution in [2.45, 2.75) is 24.5 Å². The molecule has 34 heavy (non-hydrogen) atoms. The van der Waals surface area contributed by atoms with Crippen molar-refractivity contribution >= 4 is 17.5 Å². The van der Waals surface area contributed by atoms with E-state index in [0.717, 1.165) is 0 Å². The predicted octanol–water partition coefficient (Wildman–Crippen LogP) is 3.77. The number of nitrogens with zero attached hydrogens (tertiary/aromatic N) is 2. The molecule has 184 valence electrons. The number of piperidine rings is 1. The summed E-state index contributed by atoms with van der Waals surface area (Å²) in [4.78, 5) is 19.2. The Kier molecular flexibility index (Phi) is 7.17. The highest BCUT2D eigenvalue weighted by Crippen LogP contribution is 2.45. The molecule has 0 saturated carbocycles. The van der Waals surface area contributed by atoms with Gasteiger partial charge in [0, 0.05) is 24.7 Å². The van der Waals surface area contributed by atoms with E-state index in [1.54, 1.807) is 30.3 Å². The number of alkyl halides is 3. The van der Waals surface area contributed by atoms with Gasteiger partial charge in [0.1, 0.15) is 42.3 Å². The molecule has 2 saturated heterocycles. The Morgan fingerprint density at radius 3 is 2.85 bits per heavy atom. The van der Waals surface area contributed by atoms with Crippen molar-refractivity contribution in [2.24, 2.45) is 0 Å². The number of halogens is 4. The molecule has 2 aliphatic heterocycles. The van der Waals surface area contributed by atoms with Gasteiger partial charge in [0.15, 0.2) is 0 Å². The smallest absolute Gasteiger partial charge is 0.495 e. The minimum Gasteiger partial charge on any atom is -0.495 e. The zero-order chi connectivity index (χ0) is 24.3. The quantitative estimate of drug-likeness (QED) is 0.533. The first kappa shape index (κ1) is 24.5. The van der Waals surface area contributed by atoms with Gasteiger partial charge in [0.25, 0.3) is 5.91 Å². The summed E-state index contributed by atoms with van der Waals surface area (Å²) in [7, 11) is 1.56. The highest BCUT2D eigenvalue weighted by molar-refractivity contribution is 6.32. The summed E-state index contributed by atoms with van der Waals surface area (Å²) in [5.41, 5.74) is 0.119. The molecule has 3 heterocycles. The van der Waals surface area contributed by atoms with E-state index in [9.17, 15) is 18.0 Å². The van der Waals surface area contributed by atoms with Gasteiger partial charge in [-0.1, -0.05) is 11.6 Å². The highest BCUT2D eigenvalue weighted by Gasteiger charge is 2.53. The Labute approximate surface area is 198 Å². The number of methoxy groups -OCH3 is 1. The van der Waals surface area contributed by atoms with Crippen LogP contribution in [-0.4, -0.2) is 68.5 Å². The summed E-state index contributed by atoms with van der Waals surface area (Å²) in [5, 5.41) is 0.0999.